The summed E-state index contributed by atoms with van der Waals surface area (Å²) in [5.74, 6) is -0.125. The van der Waals surface area contributed by atoms with Crippen LogP contribution < -0.4 is 15.8 Å². The fourth-order valence-electron chi connectivity index (χ4n) is 1.36. The summed E-state index contributed by atoms with van der Waals surface area (Å²) >= 11 is 0. The fourth-order valence-corrected chi connectivity index (χ4v) is 1.91. The predicted molar refractivity (Wildman–Crippen MR) is 58.3 cm³/mol. The van der Waals surface area contributed by atoms with Gasteiger partial charge in [0.2, 0.25) is 10.0 Å². The van der Waals surface area contributed by atoms with Gasteiger partial charge >= 0.3 is 6.03 Å². The minimum absolute atomic E-state index is 0.0539. The van der Waals surface area contributed by atoms with E-state index in [9.17, 15) is 13.2 Å². The van der Waals surface area contributed by atoms with Crippen molar-refractivity contribution >= 4 is 16.1 Å². The van der Waals surface area contributed by atoms with Crippen LogP contribution in [0, 0.1) is 0 Å². The SMILES string of the molecule is NS(=O)(=O)CCCNC(=O)NC1CCOC1. The number of primary sulfonamides is 1. The Morgan fingerprint density at radius 2 is 2.25 bits per heavy atom. The molecule has 0 spiro atoms. The van der Waals surface area contributed by atoms with Gasteiger partial charge in [-0.05, 0) is 12.8 Å². The normalized spacial score (nSPS) is 20.7. The van der Waals surface area contributed by atoms with Gasteiger partial charge in [-0.1, -0.05) is 0 Å². The van der Waals surface area contributed by atoms with Gasteiger partial charge in [-0.25, -0.2) is 18.4 Å². The number of carbonyl (C=O) groups excluding carboxylic acids is 1. The second-order valence-corrected chi connectivity index (χ2v) is 5.42. The van der Waals surface area contributed by atoms with Gasteiger partial charge in [-0.2, -0.15) is 0 Å². The number of hydrogen-bond acceptors (Lipinski definition) is 4. The van der Waals surface area contributed by atoms with Crippen LogP contribution in [0.4, 0.5) is 4.79 Å². The van der Waals surface area contributed by atoms with Gasteiger partial charge in [0.15, 0.2) is 0 Å². The summed E-state index contributed by atoms with van der Waals surface area (Å²) in [5, 5.41) is 10.1. The van der Waals surface area contributed by atoms with Crippen molar-refractivity contribution in [3.8, 4) is 0 Å². The third kappa shape index (κ3) is 5.89. The van der Waals surface area contributed by atoms with E-state index in [2.05, 4.69) is 10.6 Å². The average molecular weight is 251 g/mol. The van der Waals surface area contributed by atoms with Crippen LogP contribution in [0.25, 0.3) is 0 Å². The molecule has 4 N–H and O–H groups in total. The van der Waals surface area contributed by atoms with Crippen molar-refractivity contribution in [3.63, 3.8) is 0 Å². The Balaban J connectivity index is 2.06. The highest BCUT2D eigenvalue weighted by atomic mass is 32.2. The van der Waals surface area contributed by atoms with E-state index in [4.69, 9.17) is 9.88 Å². The fraction of sp³-hybridized carbons (Fsp3) is 0.875. The summed E-state index contributed by atoms with van der Waals surface area (Å²) in [6, 6.07) is -0.247. The first kappa shape index (κ1) is 13.2. The topological polar surface area (TPSA) is 111 Å². The number of urea groups is 1. The quantitative estimate of drug-likeness (QED) is 0.530. The zero-order chi connectivity index (χ0) is 12.0. The van der Waals surface area contributed by atoms with Gasteiger partial charge in [0, 0.05) is 13.2 Å². The third-order valence-corrected chi connectivity index (χ3v) is 3.01. The molecule has 94 valence electrons. The smallest absolute Gasteiger partial charge is 0.315 e. The summed E-state index contributed by atoms with van der Waals surface area (Å²) in [6.45, 7) is 1.48. The van der Waals surface area contributed by atoms with E-state index in [-0.39, 0.29) is 24.4 Å². The Kier molecular flexibility index (Phi) is 4.97. The Hall–Kier alpha value is -0.860. The van der Waals surface area contributed by atoms with Crippen molar-refractivity contribution < 1.29 is 17.9 Å². The molecule has 0 radical (unpaired) electrons. The van der Waals surface area contributed by atoms with Crippen LogP contribution in [-0.4, -0.2) is 46.0 Å². The van der Waals surface area contributed by atoms with Crippen molar-refractivity contribution in [2.75, 3.05) is 25.5 Å². The van der Waals surface area contributed by atoms with Crippen LogP contribution >= 0.6 is 0 Å². The van der Waals surface area contributed by atoms with Crippen LogP contribution in [0.15, 0.2) is 0 Å². The standard InChI is InChI=1S/C8H17N3O4S/c9-16(13,14)5-1-3-10-8(12)11-7-2-4-15-6-7/h7H,1-6H2,(H2,9,13,14)(H2,10,11,12). The maximum atomic E-state index is 11.3. The van der Waals surface area contributed by atoms with Gasteiger partial charge in [0.25, 0.3) is 0 Å². The first-order valence-electron chi connectivity index (χ1n) is 5.10. The summed E-state index contributed by atoms with van der Waals surface area (Å²) in [7, 11) is -3.44. The molecule has 1 aliphatic rings. The highest BCUT2D eigenvalue weighted by molar-refractivity contribution is 7.89. The first-order valence-corrected chi connectivity index (χ1v) is 6.81. The molecule has 1 aliphatic heterocycles. The Bertz CT molecular complexity index is 324. The molecule has 1 heterocycles. The van der Waals surface area contributed by atoms with Gasteiger partial charge in [-0.15, -0.1) is 0 Å². The van der Waals surface area contributed by atoms with E-state index in [1.165, 1.54) is 0 Å². The van der Waals surface area contributed by atoms with Gasteiger partial charge < -0.3 is 15.4 Å². The maximum absolute atomic E-state index is 11.3. The zero-order valence-electron chi connectivity index (χ0n) is 8.94. The molecule has 1 rings (SSSR count). The molecule has 1 unspecified atom stereocenters. The zero-order valence-corrected chi connectivity index (χ0v) is 9.76. The van der Waals surface area contributed by atoms with Crippen molar-refractivity contribution in [2.24, 2.45) is 5.14 Å². The lowest BCUT2D eigenvalue weighted by Gasteiger charge is -2.11. The maximum Gasteiger partial charge on any atom is 0.315 e. The number of sulfonamides is 1. The number of rotatable bonds is 5. The molecule has 0 aromatic carbocycles. The van der Waals surface area contributed by atoms with E-state index < -0.39 is 10.0 Å². The summed E-state index contributed by atoms with van der Waals surface area (Å²) in [5.41, 5.74) is 0. The van der Waals surface area contributed by atoms with Gasteiger partial charge in [0.05, 0.1) is 18.4 Å². The summed E-state index contributed by atoms with van der Waals surface area (Å²) in [6.07, 6.45) is 1.12. The van der Waals surface area contributed by atoms with Crippen LogP contribution in [0.5, 0.6) is 0 Å². The van der Waals surface area contributed by atoms with E-state index in [1.54, 1.807) is 0 Å². The van der Waals surface area contributed by atoms with E-state index in [0.29, 0.717) is 19.6 Å². The lowest BCUT2D eigenvalue weighted by molar-refractivity contribution is 0.188. The molecular formula is C8H17N3O4S. The molecule has 2 amide bonds. The minimum atomic E-state index is -3.44. The average Bonchev–Trinajstić information content (AvgIpc) is 2.63. The van der Waals surface area contributed by atoms with Gasteiger partial charge in [0.1, 0.15) is 0 Å². The molecule has 8 heteroatoms. The second-order valence-electron chi connectivity index (χ2n) is 3.68. The highest BCUT2D eigenvalue weighted by Gasteiger charge is 2.17. The van der Waals surface area contributed by atoms with Crippen LogP contribution in [0.3, 0.4) is 0 Å². The van der Waals surface area contributed by atoms with Crippen molar-refractivity contribution in [3.05, 3.63) is 0 Å². The van der Waals surface area contributed by atoms with Crippen molar-refractivity contribution in [2.45, 2.75) is 18.9 Å². The molecule has 7 nitrogen and oxygen atoms in total. The van der Waals surface area contributed by atoms with Crippen LogP contribution in [0.2, 0.25) is 0 Å². The van der Waals surface area contributed by atoms with Crippen molar-refractivity contribution in [1.82, 2.24) is 10.6 Å². The number of ether oxygens (including phenoxy) is 1. The monoisotopic (exact) mass is 251 g/mol. The van der Waals surface area contributed by atoms with E-state index in [1.807, 2.05) is 0 Å². The third-order valence-electron chi connectivity index (χ3n) is 2.16. The second kappa shape index (κ2) is 6.02. The summed E-state index contributed by atoms with van der Waals surface area (Å²) in [4.78, 5) is 11.3. The van der Waals surface area contributed by atoms with E-state index >= 15 is 0 Å². The van der Waals surface area contributed by atoms with Crippen LogP contribution in [0.1, 0.15) is 12.8 Å². The number of nitrogens with one attached hydrogen (secondary N) is 2. The molecule has 0 bridgehead atoms. The first-order chi connectivity index (χ1) is 7.47. The number of hydrogen-bond donors (Lipinski definition) is 3. The van der Waals surface area contributed by atoms with Crippen molar-refractivity contribution in [1.29, 1.82) is 0 Å². The molecule has 0 aliphatic carbocycles. The number of nitrogens with two attached hydrogens (primary N) is 1. The molecule has 0 aromatic rings. The Morgan fingerprint density at radius 1 is 1.50 bits per heavy atom. The molecular weight excluding hydrogens is 234 g/mol. The number of amides is 2. The molecule has 1 saturated heterocycles. The largest absolute Gasteiger partial charge is 0.379 e. The molecule has 0 saturated carbocycles. The molecule has 0 aromatic heterocycles. The van der Waals surface area contributed by atoms with E-state index in [0.717, 1.165) is 6.42 Å². The highest BCUT2D eigenvalue weighted by Crippen LogP contribution is 2.02. The minimum Gasteiger partial charge on any atom is -0.379 e. The summed E-state index contributed by atoms with van der Waals surface area (Å²) < 4.78 is 26.3. The molecule has 1 atom stereocenters. The Morgan fingerprint density at radius 3 is 2.81 bits per heavy atom. The lowest BCUT2D eigenvalue weighted by Crippen LogP contribution is -2.42. The number of carbonyl (C=O) groups is 1. The van der Waals surface area contributed by atoms with Crippen LogP contribution in [-0.2, 0) is 14.8 Å². The molecule has 16 heavy (non-hydrogen) atoms. The predicted octanol–water partition coefficient (Wildman–Crippen LogP) is -1.25. The van der Waals surface area contributed by atoms with Gasteiger partial charge in [-0.3, -0.25) is 0 Å². The Labute approximate surface area is 94.8 Å². The molecule has 1 fully saturated rings. The lowest BCUT2D eigenvalue weighted by atomic mass is 10.3.